The van der Waals surface area contributed by atoms with Gasteiger partial charge in [0.05, 0.1) is 24.5 Å². The molecule has 2 N–H and O–H groups in total. The summed E-state index contributed by atoms with van der Waals surface area (Å²) in [7, 11) is 1.59. The maximum Gasteiger partial charge on any atom is 0.259 e. The number of para-hydroxylation sites is 1. The van der Waals surface area contributed by atoms with Gasteiger partial charge in [0.1, 0.15) is 17.6 Å². The van der Waals surface area contributed by atoms with E-state index in [1.54, 1.807) is 25.3 Å². The molecule has 12 heteroatoms. The zero-order valence-corrected chi connectivity index (χ0v) is 24.3. The third-order valence-electron chi connectivity index (χ3n) is 7.13. The van der Waals surface area contributed by atoms with E-state index in [1.807, 2.05) is 55.5 Å². The molecule has 3 heterocycles. The monoisotopic (exact) mass is 599 g/mol. The number of hydrogen-bond acceptors (Lipinski definition) is 9. The summed E-state index contributed by atoms with van der Waals surface area (Å²) < 4.78 is 15.9. The number of nitrogens with one attached hydrogen (secondary N) is 2. The van der Waals surface area contributed by atoms with Crippen molar-refractivity contribution in [1.82, 2.24) is 10.2 Å². The normalized spacial score (nSPS) is 16.9. The molecule has 3 aliphatic heterocycles. The summed E-state index contributed by atoms with van der Waals surface area (Å²) in [5.74, 6) is 1.44. The van der Waals surface area contributed by atoms with Crippen LogP contribution in [0.15, 0.2) is 76.7 Å². The number of rotatable bonds is 9. The summed E-state index contributed by atoms with van der Waals surface area (Å²) in [6.45, 7) is 2.34. The zero-order chi connectivity index (χ0) is 29.9. The number of amides is 3. The van der Waals surface area contributed by atoms with Crippen molar-refractivity contribution < 1.29 is 28.6 Å². The minimum Gasteiger partial charge on any atom is -0.497 e. The largest absolute Gasteiger partial charge is 0.497 e. The molecule has 0 fully saturated rings. The molecule has 0 aromatic heterocycles. The quantitative estimate of drug-likeness (QED) is 0.376. The number of amidine groups is 2. The van der Waals surface area contributed by atoms with Crippen LogP contribution >= 0.6 is 11.8 Å². The van der Waals surface area contributed by atoms with Crippen LogP contribution in [0.1, 0.15) is 30.9 Å². The molecule has 11 nitrogen and oxygen atoms in total. The molecule has 3 amide bonds. The van der Waals surface area contributed by atoms with Crippen LogP contribution in [0.25, 0.3) is 0 Å². The first kappa shape index (κ1) is 28.3. The molecule has 0 bridgehead atoms. The number of benzene rings is 3. The van der Waals surface area contributed by atoms with E-state index in [1.165, 1.54) is 16.7 Å². The van der Waals surface area contributed by atoms with E-state index in [-0.39, 0.29) is 30.9 Å². The molecule has 43 heavy (non-hydrogen) atoms. The molecule has 6 rings (SSSR count). The lowest BCUT2D eigenvalue weighted by Gasteiger charge is -2.27. The van der Waals surface area contributed by atoms with Gasteiger partial charge in [-0.25, -0.2) is 9.89 Å². The molecule has 3 aliphatic rings. The van der Waals surface area contributed by atoms with Crippen molar-refractivity contribution in [3.05, 3.63) is 77.9 Å². The Kier molecular flexibility index (Phi) is 8.01. The molecule has 3 aromatic rings. The topological polar surface area (TPSA) is 131 Å². The van der Waals surface area contributed by atoms with E-state index in [9.17, 15) is 14.4 Å². The zero-order valence-electron chi connectivity index (χ0n) is 23.5. The van der Waals surface area contributed by atoms with Gasteiger partial charge in [-0.3, -0.25) is 19.4 Å². The first-order valence-electron chi connectivity index (χ1n) is 13.8. The maximum atomic E-state index is 13.7. The van der Waals surface area contributed by atoms with Crippen LogP contribution in [0, 0.1) is 0 Å². The van der Waals surface area contributed by atoms with Gasteiger partial charge >= 0.3 is 0 Å². The standard InChI is InChI=1S/C31H29N5O6S/c1-3-26(29(38)33-19-10-13-24-25(14-19)42-17-41-24)43-31-35-22-7-5-4-6-21(22)28-34-23(30(39)36(28)31)15-27(37)32-16-18-8-11-20(40-2)12-9-18/h4-14,23,26H,3,15-17H2,1-2H3,(H,32,37)(H,33,38). The van der Waals surface area contributed by atoms with Gasteiger partial charge < -0.3 is 24.8 Å². The summed E-state index contributed by atoms with van der Waals surface area (Å²) >= 11 is 1.19. The van der Waals surface area contributed by atoms with E-state index >= 15 is 0 Å². The SMILES string of the molecule is CCC(SC1=Nc2ccccc2C2=NC(CC(=O)NCc3ccc(OC)cc3)C(=O)N12)C(=O)Nc1ccc2c(c1)OCO2. The lowest BCUT2D eigenvalue weighted by Crippen LogP contribution is -2.43. The number of hydrogen-bond donors (Lipinski definition) is 2. The Bertz CT molecular complexity index is 1640. The fourth-order valence-corrected chi connectivity index (χ4v) is 5.87. The molecule has 2 unspecified atom stereocenters. The van der Waals surface area contributed by atoms with Crippen LogP contribution in [0.2, 0.25) is 0 Å². The van der Waals surface area contributed by atoms with Gasteiger partial charge in [-0.15, -0.1) is 0 Å². The average Bonchev–Trinajstić information content (AvgIpc) is 3.63. The van der Waals surface area contributed by atoms with Crippen LogP contribution in [0.5, 0.6) is 17.2 Å². The Labute approximate surface area is 252 Å². The Morgan fingerprint density at radius 2 is 1.88 bits per heavy atom. The van der Waals surface area contributed by atoms with E-state index in [0.717, 1.165) is 11.3 Å². The second kappa shape index (κ2) is 12.2. The highest BCUT2D eigenvalue weighted by molar-refractivity contribution is 8.15. The van der Waals surface area contributed by atoms with Gasteiger partial charge in [-0.2, -0.15) is 0 Å². The molecule has 2 atom stereocenters. The van der Waals surface area contributed by atoms with E-state index in [0.29, 0.717) is 52.4 Å². The molecule has 0 radical (unpaired) electrons. The van der Waals surface area contributed by atoms with E-state index in [2.05, 4.69) is 15.6 Å². The van der Waals surface area contributed by atoms with Crippen LogP contribution in [-0.2, 0) is 20.9 Å². The van der Waals surface area contributed by atoms with Crippen molar-refractivity contribution >= 4 is 51.9 Å². The minimum absolute atomic E-state index is 0.114. The van der Waals surface area contributed by atoms with Crippen molar-refractivity contribution in [3.63, 3.8) is 0 Å². The molecule has 0 aliphatic carbocycles. The third-order valence-corrected chi connectivity index (χ3v) is 8.44. The number of aliphatic imine (C=N–C) groups is 2. The fraction of sp³-hybridized carbons (Fsp3) is 0.258. The highest BCUT2D eigenvalue weighted by Gasteiger charge is 2.43. The van der Waals surface area contributed by atoms with Crippen LogP contribution in [0.3, 0.4) is 0 Å². The molecular weight excluding hydrogens is 570 g/mol. The smallest absolute Gasteiger partial charge is 0.259 e. The van der Waals surface area contributed by atoms with Gasteiger partial charge in [0.15, 0.2) is 16.7 Å². The van der Waals surface area contributed by atoms with E-state index in [4.69, 9.17) is 19.2 Å². The van der Waals surface area contributed by atoms with Crippen molar-refractivity contribution in [2.75, 3.05) is 19.2 Å². The van der Waals surface area contributed by atoms with Crippen molar-refractivity contribution in [2.45, 2.75) is 37.6 Å². The van der Waals surface area contributed by atoms with Crippen LogP contribution in [-0.4, -0.2) is 58.8 Å². The van der Waals surface area contributed by atoms with Gasteiger partial charge in [-0.05, 0) is 48.4 Å². The number of methoxy groups -OCH3 is 1. The van der Waals surface area contributed by atoms with Crippen LogP contribution < -0.4 is 24.8 Å². The van der Waals surface area contributed by atoms with Gasteiger partial charge in [0.2, 0.25) is 18.6 Å². The highest BCUT2D eigenvalue weighted by Crippen LogP contribution is 2.37. The number of nitrogens with zero attached hydrogens (tertiary/aromatic N) is 3. The minimum atomic E-state index is -0.912. The number of carbonyl (C=O) groups excluding carboxylic acids is 3. The Morgan fingerprint density at radius 3 is 2.67 bits per heavy atom. The van der Waals surface area contributed by atoms with Crippen molar-refractivity contribution in [1.29, 1.82) is 0 Å². The second-order valence-corrected chi connectivity index (χ2v) is 11.1. The van der Waals surface area contributed by atoms with Gasteiger partial charge in [0.25, 0.3) is 5.91 Å². The number of fused-ring (bicyclic) bond motifs is 4. The third kappa shape index (κ3) is 5.91. The predicted octanol–water partition coefficient (Wildman–Crippen LogP) is 4.24. The summed E-state index contributed by atoms with van der Waals surface area (Å²) in [5.41, 5.74) is 2.81. The summed E-state index contributed by atoms with van der Waals surface area (Å²) in [6, 6.07) is 19.0. The van der Waals surface area contributed by atoms with Crippen molar-refractivity contribution in [2.24, 2.45) is 9.98 Å². The molecule has 3 aromatic carbocycles. The summed E-state index contributed by atoms with van der Waals surface area (Å²) in [4.78, 5) is 50.7. The van der Waals surface area contributed by atoms with Gasteiger partial charge in [-0.1, -0.05) is 43.0 Å². The Morgan fingerprint density at radius 1 is 1.09 bits per heavy atom. The lowest BCUT2D eigenvalue weighted by atomic mass is 10.1. The fourth-order valence-electron chi connectivity index (χ4n) is 4.85. The van der Waals surface area contributed by atoms with Gasteiger partial charge in [0, 0.05) is 23.9 Å². The molecule has 0 spiro atoms. The molecule has 0 saturated heterocycles. The van der Waals surface area contributed by atoms with Crippen LogP contribution in [0.4, 0.5) is 11.4 Å². The maximum absolute atomic E-state index is 13.7. The number of ether oxygens (including phenoxy) is 3. The highest BCUT2D eigenvalue weighted by atomic mass is 32.2. The Balaban J connectivity index is 1.16. The summed E-state index contributed by atoms with van der Waals surface area (Å²) in [6.07, 6.45) is 0.365. The average molecular weight is 600 g/mol. The van der Waals surface area contributed by atoms with Crippen molar-refractivity contribution in [3.8, 4) is 17.2 Å². The summed E-state index contributed by atoms with van der Waals surface area (Å²) in [5, 5.41) is 5.58. The second-order valence-electron chi connectivity index (χ2n) is 9.95. The molecule has 0 saturated carbocycles. The number of thioether (sulfide) groups is 1. The lowest BCUT2D eigenvalue weighted by molar-refractivity contribution is -0.128. The number of carbonyl (C=O) groups is 3. The molecule has 220 valence electrons. The Hall–Kier alpha value is -4.84. The molecular formula is C31H29N5O6S. The number of anilines is 1. The first-order chi connectivity index (χ1) is 20.9. The first-order valence-corrected chi connectivity index (χ1v) is 14.7. The van der Waals surface area contributed by atoms with E-state index < -0.39 is 11.3 Å². The predicted molar refractivity (Wildman–Crippen MR) is 163 cm³/mol.